The van der Waals surface area contributed by atoms with Gasteiger partial charge in [-0.3, -0.25) is 0 Å². The minimum absolute atomic E-state index is 0.128. The van der Waals surface area contributed by atoms with E-state index < -0.39 is 0 Å². The molecule has 2 saturated carbocycles. The van der Waals surface area contributed by atoms with Crippen molar-refractivity contribution >= 4 is 0 Å². The summed E-state index contributed by atoms with van der Waals surface area (Å²) in [6.07, 6.45) is 4.62. The maximum Gasteiger partial charge on any atom is 0.0582 e. The van der Waals surface area contributed by atoms with Gasteiger partial charge in [-0.05, 0) is 31.1 Å². The smallest absolute Gasteiger partial charge is 0.0582 e. The van der Waals surface area contributed by atoms with Crippen molar-refractivity contribution in [3.63, 3.8) is 0 Å². The number of ether oxygens (including phenoxy) is 1. The fourth-order valence-electron chi connectivity index (χ4n) is 3.17. The van der Waals surface area contributed by atoms with E-state index in [0.717, 1.165) is 25.7 Å². The first-order valence-corrected chi connectivity index (χ1v) is 4.92. The molecule has 0 amide bonds. The standard InChI is InChI=1S/C10H18O3/c1-13-8-2-9(3-8)4-10(5-9,6-11)7-12/h8,11-12H,2-7H2,1H3. The van der Waals surface area contributed by atoms with E-state index in [1.165, 1.54) is 0 Å². The topological polar surface area (TPSA) is 49.7 Å². The highest BCUT2D eigenvalue weighted by Gasteiger charge is 2.59. The molecule has 0 saturated heterocycles. The number of hydrogen-bond acceptors (Lipinski definition) is 3. The zero-order valence-corrected chi connectivity index (χ0v) is 8.12. The van der Waals surface area contributed by atoms with Gasteiger partial charge in [0.2, 0.25) is 0 Å². The van der Waals surface area contributed by atoms with Crippen molar-refractivity contribution < 1.29 is 14.9 Å². The molecule has 0 bridgehead atoms. The molecular formula is C10H18O3. The van der Waals surface area contributed by atoms with E-state index in [-0.39, 0.29) is 18.6 Å². The Kier molecular flexibility index (Phi) is 2.13. The Morgan fingerprint density at radius 3 is 2.15 bits per heavy atom. The van der Waals surface area contributed by atoms with Crippen molar-refractivity contribution in [2.24, 2.45) is 10.8 Å². The lowest BCUT2D eigenvalue weighted by molar-refractivity contribution is -0.189. The fourth-order valence-corrected chi connectivity index (χ4v) is 3.17. The summed E-state index contributed by atoms with van der Waals surface area (Å²) in [5.41, 5.74) is 0.241. The second-order valence-corrected chi connectivity index (χ2v) is 4.94. The maximum atomic E-state index is 9.12. The lowest BCUT2D eigenvalue weighted by Crippen LogP contribution is -2.58. The Bertz CT molecular complexity index is 182. The quantitative estimate of drug-likeness (QED) is 0.676. The molecule has 76 valence electrons. The SMILES string of the molecule is COC1CC2(C1)CC(CO)(CO)C2. The zero-order valence-electron chi connectivity index (χ0n) is 8.12. The predicted octanol–water partition coefficient (Wildman–Crippen LogP) is 0.546. The van der Waals surface area contributed by atoms with Crippen LogP contribution >= 0.6 is 0 Å². The molecule has 0 atom stereocenters. The van der Waals surface area contributed by atoms with Crippen molar-refractivity contribution in [3.05, 3.63) is 0 Å². The molecule has 2 aliphatic carbocycles. The van der Waals surface area contributed by atoms with Crippen LogP contribution in [-0.2, 0) is 4.74 Å². The third-order valence-electron chi connectivity index (χ3n) is 3.83. The van der Waals surface area contributed by atoms with Crippen molar-refractivity contribution in [2.75, 3.05) is 20.3 Å². The average molecular weight is 186 g/mol. The highest BCUT2D eigenvalue weighted by atomic mass is 16.5. The Morgan fingerprint density at radius 1 is 1.23 bits per heavy atom. The van der Waals surface area contributed by atoms with E-state index in [1.807, 2.05) is 0 Å². The minimum Gasteiger partial charge on any atom is -0.396 e. The summed E-state index contributed by atoms with van der Waals surface area (Å²) in [4.78, 5) is 0. The molecule has 3 heteroatoms. The van der Waals surface area contributed by atoms with Crippen LogP contribution in [0.3, 0.4) is 0 Å². The first-order valence-electron chi connectivity index (χ1n) is 4.92. The van der Waals surface area contributed by atoms with Gasteiger partial charge in [-0.15, -0.1) is 0 Å². The molecular weight excluding hydrogens is 168 g/mol. The number of aliphatic hydroxyl groups excluding tert-OH is 2. The van der Waals surface area contributed by atoms with Crippen molar-refractivity contribution in [2.45, 2.75) is 31.8 Å². The molecule has 0 radical (unpaired) electrons. The molecule has 2 rings (SSSR count). The van der Waals surface area contributed by atoms with Gasteiger partial charge >= 0.3 is 0 Å². The van der Waals surface area contributed by atoms with Gasteiger partial charge in [0.05, 0.1) is 19.3 Å². The Hall–Kier alpha value is -0.120. The van der Waals surface area contributed by atoms with Gasteiger partial charge in [-0.2, -0.15) is 0 Å². The summed E-state index contributed by atoms with van der Waals surface area (Å²) in [5.74, 6) is 0. The Balaban J connectivity index is 1.84. The first kappa shape index (κ1) is 9.44. The number of hydrogen-bond donors (Lipinski definition) is 2. The third-order valence-corrected chi connectivity index (χ3v) is 3.83. The van der Waals surface area contributed by atoms with E-state index in [9.17, 15) is 0 Å². The second kappa shape index (κ2) is 2.94. The molecule has 1 spiro atoms. The van der Waals surface area contributed by atoms with Crippen LogP contribution in [0.15, 0.2) is 0 Å². The number of rotatable bonds is 3. The van der Waals surface area contributed by atoms with Crippen LogP contribution in [0.4, 0.5) is 0 Å². The average Bonchev–Trinajstić information content (AvgIpc) is 2.02. The van der Waals surface area contributed by atoms with E-state index in [0.29, 0.717) is 11.5 Å². The summed E-state index contributed by atoms with van der Waals surface area (Å²) >= 11 is 0. The van der Waals surface area contributed by atoms with E-state index in [1.54, 1.807) is 7.11 Å². The largest absolute Gasteiger partial charge is 0.396 e. The van der Waals surface area contributed by atoms with Crippen LogP contribution < -0.4 is 0 Å². The molecule has 3 nitrogen and oxygen atoms in total. The zero-order chi connectivity index (χ0) is 9.53. The van der Waals surface area contributed by atoms with Gasteiger partial charge in [-0.25, -0.2) is 0 Å². The summed E-state index contributed by atoms with van der Waals surface area (Å²) in [7, 11) is 1.75. The van der Waals surface area contributed by atoms with Crippen LogP contribution in [0.2, 0.25) is 0 Å². The molecule has 13 heavy (non-hydrogen) atoms. The van der Waals surface area contributed by atoms with Gasteiger partial charge in [0.25, 0.3) is 0 Å². The van der Waals surface area contributed by atoms with Crippen LogP contribution in [0.5, 0.6) is 0 Å². The van der Waals surface area contributed by atoms with Crippen LogP contribution in [0, 0.1) is 10.8 Å². The molecule has 2 N–H and O–H groups in total. The van der Waals surface area contributed by atoms with Crippen LogP contribution in [-0.4, -0.2) is 36.6 Å². The van der Waals surface area contributed by atoms with E-state index >= 15 is 0 Å². The summed E-state index contributed by atoms with van der Waals surface area (Å²) < 4.78 is 5.23. The van der Waals surface area contributed by atoms with Crippen molar-refractivity contribution in [1.82, 2.24) is 0 Å². The molecule has 0 heterocycles. The highest BCUT2D eigenvalue weighted by molar-refractivity contribution is 5.09. The normalized spacial score (nSPS) is 29.8. The summed E-state index contributed by atoms with van der Waals surface area (Å²) in [5, 5.41) is 18.2. The lowest BCUT2D eigenvalue weighted by atomic mass is 9.45. The van der Waals surface area contributed by atoms with Crippen molar-refractivity contribution in [1.29, 1.82) is 0 Å². The van der Waals surface area contributed by atoms with Gasteiger partial charge in [0.15, 0.2) is 0 Å². The Morgan fingerprint density at radius 2 is 1.77 bits per heavy atom. The van der Waals surface area contributed by atoms with Gasteiger partial charge in [0.1, 0.15) is 0 Å². The lowest BCUT2D eigenvalue weighted by Gasteiger charge is -2.62. The predicted molar refractivity (Wildman–Crippen MR) is 48.3 cm³/mol. The maximum absolute atomic E-state index is 9.12. The molecule has 0 aromatic rings. The molecule has 0 aliphatic heterocycles. The second-order valence-electron chi connectivity index (χ2n) is 4.94. The van der Waals surface area contributed by atoms with Crippen molar-refractivity contribution in [3.8, 4) is 0 Å². The first-order chi connectivity index (χ1) is 6.17. The Labute approximate surface area is 78.7 Å². The number of methoxy groups -OCH3 is 1. The van der Waals surface area contributed by atoms with Gasteiger partial charge < -0.3 is 14.9 Å². The summed E-state index contributed by atoms with van der Waals surface area (Å²) in [6.45, 7) is 0.256. The fraction of sp³-hybridized carbons (Fsp3) is 1.00. The molecule has 0 aromatic carbocycles. The van der Waals surface area contributed by atoms with Gasteiger partial charge in [-0.1, -0.05) is 0 Å². The number of aliphatic hydroxyl groups is 2. The van der Waals surface area contributed by atoms with Crippen LogP contribution in [0.1, 0.15) is 25.7 Å². The van der Waals surface area contributed by atoms with Crippen LogP contribution in [0.25, 0.3) is 0 Å². The van der Waals surface area contributed by atoms with Gasteiger partial charge in [0, 0.05) is 12.5 Å². The molecule has 0 unspecified atom stereocenters. The molecule has 2 aliphatic rings. The molecule has 0 aromatic heterocycles. The van der Waals surface area contributed by atoms with E-state index in [4.69, 9.17) is 14.9 Å². The van der Waals surface area contributed by atoms with E-state index in [2.05, 4.69) is 0 Å². The molecule has 2 fully saturated rings. The highest BCUT2D eigenvalue weighted by Crippen LogP contribution is 2.64. The minimum atomic E-state index is -0.168. The monoisotopic (exact) mass is 186 g/mol. The third kappa shape index (κ3) is 1.30. The summed E-state index contributed by atoms with van der Waals surface area (Å²) in [6, 6.07) is 0.